The summed E-state index contributed by atoms with van der Waals surface area (Å²) in [5.74, 6) is 0.573. The number of likely N-dealkylation sites (N-methyl/N-ethyl adjacent to an activating group) is 1. The molecule has 0 fully saturated rings. The number of rotatable bonds is 5. The first-order valence-electron chi connectivity index (χ1n) is 5.70. The predicted octanol–water partition coefficient (Wildman–Crippen LogP) is 1.57. The van der Waals surface area contributed by atoms with E-state index in [4.69, 9.17) is 22.7 Å². The van der Waals surface area contributed by atoms with E-state index in [2.05, 4.69) is 0 Å². The molecule has 1 rings (SSSR count). The van der Waals surface area contributed by atoms with Crippen molar-refractivity contribution < 1.29 is 9.53 Å². The van der Waals surface area contributed by atoms with Crippen molar-refractivity contribution in [3.8, 4) is 5.75 Å². The van der Waals surface area contributed by atoms with Gasteiger partial charge in [0.25, 0.3) is 5.91 Å². The molecule has 5 heteroatoms. The van der Waals surface area contributed by atoms with E-state index in [0.717, 1.165) is 5.56 Å². The van der Waals surface area contributed by atoms with Crippen molar-refractivity contribution in [2.45, 2.75) is 19.9 Å². The van der Waals surface area contributed by atoms with Crippen LogP contribution in [0.1, 0.15) is 19.4 Å². The molecule has 1 aromatic rings. The molecule has 0 atom stereocenters. The highest BCUT2D eigenvalue weighted by Gasteiger charge is 2.12. The molecule has 0 aliphatic heterocycles. The van der Waals surface area contributed by atoms with E-state index < -0.39 is 0 Å². The zero-order chi connectivity index (χ0) is 13.7. The Morgan fingerprint density at radius 3 is 2.39 bits per heavy atom. The van der Waals surface area contributed by atoms with Crippen molar-refractivity contribution in [3.63, 3.8) is 0 Å². The fourth-order valence-electron chi connectivity index (χ4n) is 1.25. The summed E-state index contributed by atoms with van der Waals surface area (Å²) < 4.78 is 5.40. The Kier molecular flexibility index (Phi) is 5.09. The van der Waals surface area contributed by atoms with E-state index in [0.29, 0.717) is 10.7 Å². The Hall–Kier alpha value is -1.62. The number of amides is 1. The highest BCUT2D eigenvalue weighted by molar-refractivity contribution is 7.80. The average Bonchev–Trinajstić information content (AvgIpc) is 2.35. The topological polar surface area (TPSA) is 55.6 Å². The van der Waals surface area contributed by atoms with Gasteiger partial charge in [-0.1, -0.05) is 12.2 Å². The van der Waals surface area contributed by atoms with Gasteiger partial charge in [0.1, 0.15) is 10.7 Å². The van der Waals surface area contributed by atoms with E-state index in [-0.39, 0.29) is 18.6 Å². The van der Waals surface area contributed by atoms with Crippen molar-refractivity contribution in [1.82, 2.24) is 4.90 Å². The Balaban J connectivity index is 2.54. The monoisotopic (exact) mass is 266 g/mol. The third-order valence-electron chi connectivity index (χ3n) is 2.67. The third-order valence-corrected chi connectivity index (χ3v) is 2.90. The molecule has 1 amide bonds. The molecule has 0 aliphatic rings. The van der Waals surface area contributed by atoms with Crippen LogP contribution in [0, 0.1) is 0 Å². The summed E-state index contributed by atoms with van der Waals surface area (Å²) in [5.41, 5.74) is 6.27. The van der Waals surface area contributed by atoms with Crippen LogP contribution in [0.25, 0.3) is 0 Å². The van der Waals surface area contributed by atoms with Crippen molar-refractivity contribution in [2.75, 3.05) is 13.7 Å². The van der Waals surface area contributed by atoms with E-state index in [1.807, 2.05) is 13.8 Å². The fourth-order valence-corrected chi connectivity index (χ4v) is 1.39. The van der Waals surface area contributed by atoms with Crippen LogP contribution in [-0.2, 0) is 4.79 Å². The van der Waals surface area contributed by atoms with Gasteiger partial charge < -0.3 is 15.4 Å². The highest BCUT2D eigenvalue weighted by Crippen LogP contribution is 2.12. The quantitative estimate of drug-likeness (QED) is 0.822. The fraction of sp³-hybridized carbons (Fsp3) is 0.385. The Bertz CT molecular complexity index is 429. The van der Waals surface area contributed by atoms with Crippen LogP contribution in [0.5, 0.6) is 5.75 Å². The van der Waals surface area contributed by atoms with Gasteiger partial charge in [0.2, 0.25) is 0 Å². The minimum atomic E-state index is -0.0524. The number of ether oxygens (including phenoxy) is 1. The smallest absolute Gasteiger partial charge is 0.260 e. The van der Waals surface area contributed by atoms with Gasteiger partial charge in [0.15, 0.2) is 6.61 Å². The number of nitrogens with two attached hydrogens (primary N) is 1. The van der Waals surface area contributed by atoms with Crippen LogP contribution in [0.15, 0.2) is 24.3 Å². The van der Waals surface area contributed by atoms with Gasteiger partial charge in [-0.15, -0.1) is 0 Å². The average molecular weight is 266 g/mol. The number of carbonyl (C=O) groups is 1. The van der Waals surface area contributed by atoms with E-state index >= 15 is 0 Å². The number of nitrogens with zero attached hydrogens (tertiary/aromatic N) is 1. The van der Waals surface area contributed by atoms with Crippen LogP contribution >= 0.6 is 12.2 Å². The van der Waals surface area contributed by atoms with Crippen LogP contribution in [0.4, 0.5) is 0 Å². The first-order chi connectivity index (χ1) is 8.41. The molecule has 0 unspecified atom stereocenters. The third kappa shape index (κ3) is 4.00. The standard InChI is InChI=1S/C13H18N2O2S/c1-9(2)15(3)12(16)8-17-11-6-4-10(5-7-11)13(14)18/h4-7,9H,8H2,1-3H3,(H2,14,18). The van der Waals surface area contributed by atoms with Crippen molar-refractivity contribution in [2.24, 2.45) is 5.73 Å². The van der Waals surface area contributed by atoms with Crippen LogP contribution < -0.4 is 10.5 Å². The van der Waals surface area contributed by atoms with E-state index in [1.54, 1.807) is 36.2 Å². The number of benzene rings is 1. The maximum atomic E-state index is 11.7. The maximum Gasteiger partial charge on any atom is 0.260 e. The van der Waals surface area contributed by atoms with Crippen molar-refractivity contribution in [3.05, 3.63) is 29.8 Å². The number of thiocarbonyl (C=S) groups is 1. The molecule has 0 heterocycles. The molecule has 0 saturated heterocycles. The highest BCUT2D eigenvalue weighted by atomic mass is 32.1. The number of hydrogen-bond donors (Lipinski definition) is 1. The summed E-state index contributed by atoms with van der Waals surface area (Å²) in [6, 6.07) is 7.20. The van der Waals surface area contributed by atoms with Gasteiger partial charge in [0.05, 0.1) is 0 Å². The molecule has 0 aliphatic carbocycles. The summed E-state index contributed by atoms with van der Waals surface area (Å²) in [6.07, 6.45) is 0. The van der Waals surface area contributed by atoms with Crippen molar-refractivity contribution in [1.29, 1.82) is 0 Å². The lowest BCUT2D eigenvalue weighted by Gasteiger charge is -2.21. The van der Waals surface area contributed by atoms with Gasteiger partial charge in [0, 0.05) is 18.7 Å². The van der Waals surface area contributed by atoms with Gasteiger partial charge in [-0.2, -0.15) is 0 Å². The normalized spacial score (nSPS) is 10.2. The second-order valence-corrected chi connectivity index (χ2v) is 4.72. The second-order valence-electron chi connectivity index (χ2n) is 4.28. The SMILES string of the molecule is CC(C)N(C)C(=O)COc1ccc(C(N)=S)cc1. The second kappa shape index (κ2) is 6.35. The summed E-state index contributed by atoms with van der Waals surface area (Å²) in [4.78, 5) is 13.7. The van der Waals surface area contributed by atoms with E-state index in [1.165, 1.54) is 0 Å². The minimum Gasteiger partial charge on any atom is -0.484 e. The van der Waals surface area contributed by atoms with Gasteiger partial charge in [-0.3, -0.25) is 4.79 Å². The lowest BCUT2D eigenvalue weighted by Crippen LogP contribution is -2.36. The zero-order valence-corrected chi connectivity index (χ0v) is 11.7. The van der Waals surface area contributed by atoms with Gasteiger partial charge in [-0.05, 0) is 38.1 Å². The van der Waals surface area contributed by atoms with Gasteiger partial charge in [-0.25, -0.2) is 0 Å². The molecule has 0 bridgehead atoms. The Morgan fingerprint density at radius 2 is 1.94 bits per heavy atom. The maximum absolute atomic E-state index is 11.7. The lowest BCUT2D eigenvalue weighted by atomic mass is 10.2. The molecule has 4 nitrogen and oxygen atoms in total. The molecule has 98 valence electrons. The molecule has 18 heavy (non-hydrogen) atoms. The molecule has 2 N–H and O–H groups in total. The van der Waals surface area contributed by atoms with Crippen LogP contribution in [0.3, 0.4) is 0 Å². The van der Waals surface area contributed by atoms with Crippen LogP contribution in [0.2, 0.25) is 0 Å². The van der Waals surface area contributed by atoms with Crippen molar-refractivity contribution >= 4 is 23.1 Å². The van der Waals surface area contributed by atoms with Gasteiger partial charge >= 0.3 is 0 Å². The lowest BCUT2D eigenvalue weighted by molar-refractivity contribution is -0.133. The summed E-state index contributed by atoms with van der Waals surface area (Å²) >= 11 is 4.85. The molecular weight excluding hydrogens is 248 g/mol. The minimum absolute atomic E-state index is 0.0289. The molecule has 0 saturated carbocycles. The summed E-state index contributed by atoms with van der Waals surface area (Å²) in [6.45, 7) is 3.94. The number of carbonyl (C=O) groups excluding carboxylic acids is 1. The van der Waals surface area contributed by atoms with Crippen LogP contribution in [-0.4, -0.2) is 35.5 Å². The first kappa shape index (κ1) is 14.4. The molecule has 0 spiro atoms. The Labute approximate surface area is 113 Å². The summed E-state index contributed by atoms with van der Waals surface area (Å²) in [7, 11) is 1.76. The van der Waals surface area contributed by atoms with E-state index in [9.17, 15) is 4.79 Å². The zero-order valence-electron chi connectivity index (χ0n) is 10.8. The first-order valence-corrected chi connectivity index (χ1v) is 6.11. The molecular formula is C13H18N2O2S. The number of hydrogen-bond acceptors (Lipinski definition) is 3. The molecule has 1 aromatic carbocycles. The molecule has 0 radical (unpaired) electrons. The largest absolute Gasteiger partial charge is 0.484 e. The predicted molar refractivity (Wildman–Crippen MR) is 75.7 cm³/mol. The Morgan fingerprint density at radius 1 is 1.39 bits per heavy atom. The molecule has 0 aromatic heterocycles. The summed E-state index contributed by atoms with van der Waals surface area (Å²) in [5, 5.41) is 0.